The average molecular weight is 208 g/mol. The summed E-state index contributed by atoms with van der Waals surface area (Å²) in [5.74, 6) is 0. The van der Waals surface area contributed by atoms with Crippen molar-refractivity contribution in [2.45, 2.75) is 38.7 Å². The first-order valence-electron chi connectivity index (χ1n) is 5.17. The number of hydrogen-bond acceptors (Lipinski definition) is 2. The van der Waals surface area contributed by atoms with E-state index in [0.717, 1.165) is 11.3 Å². The molecule has 0 aromatic carbocycles. The molecule has 0 spiro atoms. The molecule has 0 radical (unpaired) electrons. The van der Waals surface area contributed by atoms with E-state index < -0.39 is 0 Å². The van der Waals surface area contributed by atoms with Gasteiger partial charge in [-0.15, -0.1) is 11.3 Å². The van der Waals surface area contributed by atoms with E-state index in [4.69, 9.17) is 0 Å². The first-order chi connectivity index (χ1) is 6.77. The van der Waals surface area contributed by atoms with Crippen LogP contribution in [0.1, 0.15) is 42.2 Å². The Balaban J connectivity index is 2.02. The Bertz CT molecular complexity index is 338. The van der Waals surface area contributed by atoms with Gasteiger partial charge in [-0.2, -0.15) is 0 Å². The van der Waals surface area contributed by atoms with Crippen molar-refractivity contribution in [3.05, 3.63) is 33.5 Å². The highest BCUT2D eigenvalue weighted by molar-refractivity contribution is 7.10. The Morgan fingerprint density at radius 2 is 2.43 bits per heavy atom. The Morgan fingerprint density at radius 3 is 3.00 bits per heavy atom. The van der Waals surface area contributed by atoms with Crippen molar-refractivity contribution >= 4 is 11.3 Å². The van der Waals surface area contributed by atoms with E-state index in [1.54, 1.807) is 11.3 Å². The molecule has 0 amide bonds. The summed E-state index contributed by atoms with van der Waals surface area (Å²) < 4.78 is 0. The minimum atomic E-state index is -0.278. The van der Waals surface area contributed by atoms with Gasteiger partial charge < -0.3 is 5.11 Å². The molecule has 1 unspecified atom stereocenters. The van der Waals surface area contributed by atoms with Gasteiger partial charge in [0.25, 0.3) is 0 Å². The number of allylic oxidation sites excluding steroid dienone is 1. The summed E-state index contributed by atoms with van der Waals surface area (Å²) in [6, 6.07) is 2.08. The zero-order valence-electron chi connectivity index (χ0n) is 8.49. The lowest BCUT2D eigenvalue weighted by Crippen LogP contribution is -1.97. The minimum Gasteiger partial charge on any atom is -0.387 e. The number of aliphatic hydroxyl groups excluding tert-OH is 1. The second-order valence-electron chi connectivity index (χ2n) is 3.94. The van der Waals surface area contributed by atoms with Crippen LogP contribution in [-0.2, 0) is 0 Å². The van der Waals surface area contributed by atoms with E-state index in [2.05, 4.69) is 24.4 Å². The van der Waals surface area contributed by atoms with Gasteiger partial charge in [-0.25, -0.2) is 0 Å². The normalized spacial score (nSPS) is 18.3. The molecule has 1 aliphatic rings. The predicted octanol–water partition coefficient (Wildman–Crippen LogP) is 3.59. The van der Waals surface area contributed by atoms with E-state index in [-0.39, 0.29) is 6.10 Å². The van der Waals surface area contributed by atoms with E-state index in [9.17, 15) is 5.11 Å². The number of aryl methyl sites for hydroxylation is 1. The fourth-order valence-electron chi connectivity index (χ4n) is 1.99. The van der Waals surface area contributed by atoms with Crippen molar-refractivity contribution < 1.29 is 5.11 Å². The highest BCUT2D eigenvalue weighted by Crippen LogP contribution is 2.32. The molecule has 0 saturated heterocycles. The molecule has 0 aliphatic heterocycles. The molecule has 1 aromatic rings. The van der Waals surface area contributed by atoms with Gasteiger partial charge in [-0.05, 0) is 49.6 Å². The SMILES string of the molecule is Cc1ccsc1C(O)CC1=CCCC1. The van der Waals surface area contributed by atoms with Crippen LogP contribution in [0.2, 0.25) is 0 Å². The first kappa shape index (κ1) is 9.94. The fraction of sp³-hybridized carbons (Fsp3) is 0.500. The van der Waals surface area contributed by atoms with Crippen LogP contribution in [0.5, 0.6) is 0 Å². The maximum atomic E-state index is 10.0. The third-order valence-corrected chi connectivity index (χ3v) is 3.92. The molecule has 0 fully saturated rings. The van der Waals surface area contributed by atoms with Crippen LogP contribution in [-0.4, -0.2) is 5.11 Å². The molecule has 1 aliphatic carbocycles. The minimum absolute atomic E-state index is 0.278. The summed E-state index contributed by atoms with van der Waals surface area (Å²) in [7, 11) is 0. The molecule has 1 heterocycles. The number of aliphatic hydroxyl groups is 1. The van der Waals surface area contributed by atoms with Crippen LogP contribution in [0.25, 0.3) is 0 Å². The van der Waals surface area contributed by atoms with Gasteiger partial charge in [-0.1, -0.05) is 11.6 Å². The first-order valence-corrected chi connectivity index (χ1v) is 6.05. The van der Waals surface area contributed by atoms with E-state index in [1.807, 2.05) is 0 Å². The van der Waals surface area contributed by atoms with Crippen molar-refractivity contribution in [1.82, 2.24) is 0 Å². The van der Waals surface area contributed by atoms with E-state index >= 15 is 0 Å². The summed E-state index contributed by atoms with van der Waals surface area (Å²) in [6.07, 6.45) is 6.49. The van der Waals surface area contributed by atoms with Gasteiger partial charge >= 0.3 is 0 Å². The summed E-state index contributed by atoms with van der Waals surface area (Å²) in [5.41, 5.74) is 2.66. The maximum absolute atomic E-state index is 10.0. The molecule has 1 aromatic heterocycles. The lowest BCUT2D eigenvalue weighted by Gasteiger charge is -2.10. The molecule has 1 atom stereocenters. The maximum Gasteiger partial charge on any atom is 0.0921 e. The summed E-state index contributed by atoms with van der Waals surface area (Å²) in [5, 5.41) is 12.1. The molecule has 0 bridgehead atoms. The van der Waals surface area contributed by atoms with Gasteiger partial charge in [0.15, 0.2) is 0 Å². The van der Waals surface area contributed by atoms with Crippen molar-refractivity contribution in [3.8, 4) is 0 Å². The summed E-state index contributed by atoms with van der Waals surface area (Å²) >= 11 is 1.66. The van der Waals surface area contributed by atoms with E-state index in [1.165, 1.54) is 30.4 Å². The van der Waals surface area contributed by atoms with Crippen LogP contribution < -0.4 is 0 Å². The van der Waals surface area contributed by atoms with Gasteiger partial charge in [0.05, 0.1) is 6.10 Å². The predicted molar refractivity (Wildman–Crippen MR) is 60.6 cm³/mol. The quantitative estimate of drug-likeness (QED) is 0.753. The van der Waals surface area contributed by atoms with Crippen LogP contribution in [0, 0.1) is 6.92 Å². The Morgan fingerprint density at radius 1 is 1.57 bits per heavy atom. The van der Waals surface area contributed by atoms with Crippen molar-refractivity contribution in [1.29, 1.82) is 0 Å². The standard InChI is InChI=1S/C12H16OS/c1-9-6-7-14-12(9)11(13)8-10-4-2-3-5-10/h4,6-7,11,13H,2-3,5,8H2,1H3. The molecule has 2 heteroatoms. The second-order valence-corrected chi connectivity index (χ2v) is 4.89. The fourth-order valence-corrected chi connectivity index (χ4v) is 2.90. The third-order valence-electron chi connectivity index (χ3n) is 2.79. The Kier molecular flexibility index (Phi) is 3.04. The molecule has 1 nitrogen and oxygen atoms in total. The van der Waals surface area contributed by atoms with Crippen molar-refractivity contribution in [2.24, 2.45) is 0 Å². The van der Waals surface area contributed by atoms with Crippen LogP contribution >= 0.6 is 11.3 Å². The second kappa shape index (κ2) is 4.28. The van der Waals surface area contributed by atoms with Gasteiger partial charge in [0, 0.05) is 4.88 Å². The topological polar surface area (TPSA) is 20.2 Å². The van der Waals surface area contributed by atoms with Crippen molar-refractivity contribution in [3.63, 3.8) is 0 Å². The average Bonchev–Trinajstić information content (AvgIpc) is 2.75. The summed E-state index contributed by atoms with van der Waals surface area (Å²) in [4.78, 5) is 1.14. The smallest absolute Gasteiger partial charge is 0.0921 e. The lowest BCUT2D eigenvalue weighted by molar-refractivity contribution is 0.180. The number of rotatable bonds is 3. The zero-order valence-corrected chi connectivity index (χ0v) is 9.31. The monoisotopic (exact) mass is 208 g/mol. The van der Waals surface area contributed by atoms with Gasteiger partial charge in [-0.3, -0.25) is 0 Å². The Labute approximate surface area is 89.1 Å². The molecule has 1 N–H and O–H groups in total. The lowest BCUT2D eigenvalue weighted by atomic mass is 10.1. The van der Waals surface area contributed by atoms with Gasteiger partial charge in [0.1, 0.15) is 0 Å². The van der Waals surface area contributed by atoms with Gasteiger partial charge in [0.2, 0.25) is 0 Å². The largest absolute Gasteiger partial charge is 0.387 e. The molecule has 0 saturated carbocycles. The van der Waals surface area contributed by atoms with Crippen LogP contribution in [0.3, 0.4) is 0 Å². The highest BCUT2D eigenvalue weighted by atomic mass is 32.1. The molecule has 76 valence electrons. The number of thiophene rings is 1. The van der Waals surface area contributed by atoms with Crippen molar-refractivity contribution in [2.75, 3.05) is 0 Å². The van der Waals surface area contributed by atoms with Crippen LogP contribution in [0.4, 0.5) is 0 Å². The van der Waals surface area contributed by atoms with Crippen LogP contribution in [0.15, 0.2) is 23.1 Å². The van der Waals surface area contributed by atoms with E-state index in [0.29, 0.717) is 0 Å². The Hall–Kier alpha value is -0.600. The molecule has 2 rings (SSSR count). The molecule has 14 heavy (non-hydrogen) atoms. The summed E-state index contributed by atoms with van der Waals surface area (Å²) in [6.45, 7) is 2.07. The number of hydrogen-bond donors (Lipinski definition) is 1. The highest BCUT2D eigenvalue weighted by Gasteiger charge is 2.15. The third kappa shape index (κ3) is 2.07. The molecular weight excluding hydrogens is 192 g/mol. The zero-order chi connectivity index (χ0) is 9.97. The molecular formula is C12H16OS.